The number of rotatable bonds is 4. The van der Waals surface area contributed by atoms with Crippen LogP contribution in [0.4, 0.5) is 9.59 Å². The first kappa shape index (κ1) is 18.7. The molecular formula is C18H16N2O6. The molecule has 0 unspecified atom stereocenters. The maximum atomic E-state index is 11.7. The molecule has 0 saturated heterocycles. The van der Waals surface area contributed by atoms with E-state index in [1.54, 1.807) is 60.7 Å². The molecule has 0 aromatic heterocycles. The third-order valence-electron chi connectivity index (χ3n) is 3.04. The summed E-state index contributed by atoms with van der Waals surface area (Å²) in [5.74, 6) is -2.49. The fourth-order valence-electron chi connectivity index (χ4n) is 1.83. The van der Waals surface area contributed by atoms with Crippen LogP contribution >= 0.6 is 0 Å². The lowest BCUT2D eigenvalue weighted by Gasteiger charge is -2.07. The summed E-state index contributed by atoms with van der Waals surface area (Å²) in [5.41, 5.74) is 1.43. The molecule has 2 aromatic rings. The van der Waals surface area contributed by atoms with Gasteiger partial charge in [-0.1, -0.05) is 60.7 Å². The van der Waals surface area contributed by atoms with Crippen LogP contribution in [0.1, 0.15) is 11.1 Å². The average Bonchev–Trinajstić information content (AvgIpc) is 2.66. The molecule has 0 aliphatic carbocycles. The fourth-order valence-corrected chi connectivity index (χ4v) is 1.83. The van der Waals surface area contributed by atoms with Crippen LogP contribution in [0.2, 0.25) is 0 Å². The number of alkyl carbamates (subject to hydrolysis) is 1. The Morgan fingerprint density at radius 1 is 0.846 bits per heavy atom. The zero-order chi connectivity index (χ0) is 18.8. The third kappa shape index (κ3) is 6.44. The molecule has 0 atom stereocenters. The fraction of sp³-hybridized carbons (Fsp3) is 0.111. The number of carbonyl (C=O) groups is 3. The van der Waals surface area contributed by atoms with Gasteiger partial charge in [0.1, 0.15) is 13.2 Å². The van der Waals surface area contributed by atoms with E-state index in [4.69, 9.17) is 14.6 Å². The van der Waals surface area contributed by atoms with Gasteiger partial charge in [0.25, 0.3) is 0 Å². The molecule has 0 saturated carbocycles. The second kappa shape index (κ2) is 9.58. The van der Waals surface area contributed by atoms with Gasteiger partial charge in [-0.25, -0.2) is 14.4 Å². The molecule has 134 valence electrons. The van der Waals surface area contributed by atoms with Gasteiger partial charge >= 0.3 is 18.2 Å². The van der Waals surface area contributed by atoms with E-state index in [1.165, 1.54) is 0 Å². The van der Waals surface area contributed by atoms with Crippen molar-refractivity contribution in [3.05, 3.63) is 71.8 Å². The van der Waals surface area contributed by atoms with E-state index in [0.29, 0.717) is 5.56 Å². The Bertz CT molecular complexity index is 790. The van der Waals surface area contributed by atoms with Gasteiger partial charge in [-0.05, 0) is 11.1 Å². The van der Waals surface area contributed by atoms with Crippen LogP contribution in [-0.2, 0) is 27.5 Å². The Morgan fingerprint density at radius 3 is 1.85 bits per heavy atom. The number of benzene rings is 2. The monoisotopic (exact) mass is 356 g/mol. The number of carboxylic acid groups (broad SMARTS) is 1. The van der Waals surface area contributed by atoms with Crippen LogP contribution in [0.25, 0.3) is 0 Å². The molecule has 0 bridgehead atoms. The first-order valence-corrected chi connectivity index (χ1v) is 7.55. The van der Waals surface area contributed by atoms with Crippen molar-refractivity contribution in [2.75, 3.05) is 0 Å². The third-order valence-corrected chi connectivity index (χ3v) is 3.04. The molecular weight excluding hydrogens is 340 g/mol. The van der Waals surface area contributed by atoms with Crippen LogP contribution in [0, 0.1) is 0 Å². The van der Waals surface area contributed by atoms with Gasteiger partial charge < -0.3 is 14.6 Å². The zero-order valence-corrected chi connectivity index (χ0v) is 13.6. The maximum Gasteiger partial charge on any atom is 0.436 e. The number of aliphatic imine (C=N–C) groups is 1. The first-order chi connectivity index (χ1) is 12.5. The number of amidine groups is 1. The molecule has 8 nitrogen and oxygen atoms in total. The molecule has 0 aliphatic rings. The summed E-state index contributed by atoms with van der Waals surface area (Å²) in [6, 6.07) is 17.6. The van der Waals surface area contributed by atoms with Crippen molar-refractivity contribution in [1.29, 1.82) is 0 Å². The summed E-state index contributed by atoms with van der Waals surface area (Å²) < 4.78 is 9.71. The van der Waals surface area contributed by atoms with Crippen LogP contribution in [0.3, 0.4) is 0 Å². The minimum Gasteiger partial charge on any atom is -0.475 e. The smallest absolute Gasteiger partial charge is 0.436 e. The Kier molecular flexibility index (Phi) is 6.87. The minimum absolute atomic E-state index is 0.0575. The summed E-state index contributed by atoms with van der Waals surface area (Å²) >= 11 is 0. The largest absolute Gasteiger partial charge is 0.475 e. The maximum absolute atomic E-state index is 11.7. The van der Waals surface area contributed by atoms with Crippen molar-refractivity contribution in [2.45, 2.75) is 13.2 Å². The lowest BCUT2D eigenvalue weighted by Crippen LogP contribution is -2.37. The van der Waals surface area contributed by atoms with Gasteiger partial charge in [0.2, 0.25) is 5.84 Å². The van der Waals surface area contributed by atoms with Gasteiger partial charge in [-0.15, -0.1) is 4.99 Å². The molecule has 8 heteroatoms. The second-order valence-corrected chi connectivity index (χ2v) is 4.99. The number of carboxylic acids is 1. The highest BCUT2D eigenvalue weighted by molar-refractivity contribution is 6.38. The van der Waals surface area contributed by atoms with E-state index < -0.39 is 24.0 Å². The summed E-state index contributed by atoms with van der Waals surface area (Å²) in [6.45, 7) is -0.132. The van der Waals surface area contributed by atoms with E-state index in [2.05, 4.69) is 4.99 Å². The van der Waals surface area contributed by atoms with Gasteiger partial charge in [0, 0.05) is 0 Å². The number of ether oxygens (including phenoxy) is 2. The van der Waals surface area contributed by atoms with Gasteiger partial charge in [-0.2, -0.15) is 0 Å². The SMILES string of the molecule is O=C(/N=C(/NC(=O)OCc1ccccc1)C(=O)O)OCc1ccccc1. The quantitative estimate of drug-likeness (QED) is 0.643. The van der Waals surface area contributed by atoms with E-state index in [9.17, 15) is 14.4 Å². The van der Waals surface area contributed by atoms with Crippen molar-refractivity contribution in [2.24, 2.45) is 4.99 Å². The van der Waals surface area contributed by atoms with Gasteiger partial charge in [0.15, 0.2) is 0 Å². The molecule has 0 spiro atoms. The molecule has 2 amide bonds. The Balaban J connectivity index is 1.88. The van der Waals surface area contributed by atoms with E-state index in [-0.39, 0.29) is 13.2 Å². The van der Waals surface area contributed by atoms with Crippen molar-refractivity contribution < 1.29 is 29.0 Å². The predicted octanol–water partition coefficient (Wildman–Crippen LogP) is 2.73. The van der Waals surface area contributed by atoms with Crippen molar-refractivity contribution >= 4 is 24.0 Å². The highest BCUT2D eigenvalue weighted by Gasteiger charge is 2.17. The van der Waals surface area contributed by atoms with Crippen molar-refractivity contribution in [3.8, 4) is 0 Å². The Hall–Kier alpha value is -3.68. The number of amides is 2. The van der Waals surface area contributed by atoms with Crippen LogP contribution in [0.5, 0.6) is 0 Å². The van der Waals surface area contributed by atoms with Gasteiger partial charge in [-0.3, -0.25) is 5.32 Å². The minimum atomic E-state index is -1.60. The zero-order valence-electron chi connectivity index (χ0n) is 13.6. The number of nitrogens with zero attached hydrogens (tertiary/aromatic N) is 1. The van der Waals surface area contributed by atoms with Crippen LogP contribution in [-0.4, -0.2) is 29.1 Å². The number of aliphatic carboxylic acids is 1. The standard InChI is InChI=1S/C18H16N2O6/c21-16(22)15(19-17(23)25-11-13-7-3-1-4-8-13)20-18(24)26-12-14-9-5-2-6-10-14/h1-10H,11-12H2,(H,21,22)(H,19,20,23,24). The van der Waals surface area contributed by atoms with Crippen molar-refractivity contribution in [1.82, 2.24) is 5.32 Å². The summed E-state index contributed by atoms with van der Waals surface area (Å²) in [5, 5.41) is 10.9. The number of nitrogens with one attached hydrogen (secondary N) is 1. The predicted molar refractivity (Wildman–Crippen MR) is 91.5 cm³/mol. The topological polar surface area (TPSA) is 114 Å². The van der Waals surface area contributed by atoms with Crippen LogP contribution < -0.4 is 5.32 Å². The van der Waals surface area contributed by atoms with Gasteiger partial charge in [0.05, 0.1) is 0 Å². The molecule has 26 heavy (non-hydrogen) atoms. The lowest BCUT2D eigenvalue weighted by atomic mass is 10.2. The number of hydrogen-bond acceptors (Lipinski definition) is 5. The van der Waals surface area contributed by atoms with E-state index in [0.717, 1.165) is 5.56 Å². The summed E-state index contributed by atoms with van der Waals surface area (Å²) in [4.78, 5) is 37.6. The van der Waals surface area contributed by atoms with E-state index >= 15 is 0 Å². The normalized spacial score (nSPS) is 10.7. The lowest BCUT2D eigenvalue weighted by molar-refractivity contribution is -0.129. The molecule has 2 N–H and O–H groups in total. The number of carbonyl (C=O) groups excluding carboxylic acids is 2. The second-order valence-electron chi connectivity index (χ2n) is 4.99. The molecule has 2 aromatic carbocycles. The summed E-state index contributed by atoms with van der Waals surface area (Å²) in [7, 11) is 0. The molecule has 2 rings (SSSR count). The highest BCUT2D eigenvalue weighted by atomic mass is 16.6. The highest BCUT2D eigenvalue weighted by Crippen LogP contribution is 2.02. The van der Waals surface area contributed by atoms with Crippen LogP contribution in [0.15, 0.2) is 65.7 Å². The number of hydrogen-bond donors (Lipinski definition) is 2. The van der Waals surface area contributed by atoms with Crippen molar-refractivity contribution in [3.63, 3.8) is 0 Å². The molecule has 0 heterocycles. The first-order valence-electron chi connectivity index (χ1n) is 7.55. The van der Waals surface area contributed by atoms with E-state index in [1.807, 2.05) is 5.32 Å². The Morgan fingerprint density at radius 2 is 1.35 bits per heavy atom. The summed E-state index contributed by atoms with van der Waals surface area (Å²) in [6.07, 6.45) is -2.19. The Labute approximate surface area is 149 Å². The molecule has 0 aliphatic heterocycles. The average molecular weight is 356 g/mol. The molecule has 0 fully saturated rings. The molecule has 0 radical (unpaired) electrons.